The van der Waals surface area contributed by atoms with Crippen LogP contribution in [0.3, 0.4) is 0 Å². The fraction of sp³-hybridized carbons (Fsp3) is 0.200. The number of para-hydroxylation sites is 1. The van der Waals surface area contributed by atoms with Crippen LogP contribution in [0, 0.1) is 5.82 Å². The first kappa shape index (κ1) is 12.6. The minimum Gasteiger partial charge on any atom is -0.344 e. The van der Waals surface area contributed by atoms with Gasteiger partial charge in [0.2, 0.25) is 0 Å². The van der Waals surface area contributed by atoms with Gasteiger partial charge in [-0.3, -0.25) is 0 Å². The Morgan fingerprint density at radius 2 is 1.83 bits per heavy atom. The average molecular weight is 244 g/mol. The van der Waals surface area contributed by atoms with Crippen molar-refractivity contribution in [3.8, 4) is 0 Å². The molecule has 0 aliphatic heterocycles. The number of nitrogens with zero attached hydrogens (tertiary/aromatic N) is 1. The van der Waals surface area contributed by atoms with Gasteiger partial charge >= 0.3 is 0 Å². The van der Waals surface area contributed by atoms with Gasteiger partial charge in [0, 0.05) is 18.4 Å². The van der Waals surface area contributed by atoms with Crippen molar-refractivity contribution in [3.05, 3.63) is 59.9 Å². The number of rotatable bonds is 4. The van der Waals surface area contributed by atoms with Gasteiger partial charge < -0.3 is 10.6 Å². The van der Waals surface area contributed by atoms with Crippen molar-refractivity contribution in [1.29, 1.82) is 0 Å². The van der Waals surface area contributed by atoms with Crippen LogP contribution in [0.1, 0.15) is 5.56 Å². The van der Waals surface area contributed by atoms with Crippen LogP contribution in [-0.2, 0) is 6.42 Å². The second-order valence-corrected chi connectivity index (χ2v) is 4.21. The second kappa shape index (κ2) is 5.65. The van der Waals surface area contributed by atoms with Crippen molar-refractivity contribution >= 4 is 11.4 Å². The topological polar surface area (TPSA) is 29.3 Å². The van der Waals surface area contributed by atoms with Crippen LogP contribution in [0.4, 0.5) is 15.8 Å². The summed E-state index contributed by atoms with van der Waals surface area (Å²) in [5, 5.41) is 0. The second-order valence-electron chi connectivity index (χ2n) is 4.21. The third-order valence-corrected chi connectivity index (χ3v) is 2.96. The van der Waals surface area contributed by atoms with Gasteiger partial charge in [-0.15, -0.1) is 0 Å². The van der Waals surface area contributed by atoms with E-state index in [-0.39, 0.29) is 5.82 Å². The first-order chi connectivity index (χ1) is 8.72. The molecular formula is C15H17FN2. The first-order valence-corrected chi connectivity index (χ1v) is 5.99. The summed E-state index contributed by atoms with van der Waals surface area (Å²) in [6.45, 7) is 0.513. The number of hydrogen-bond acceptors (Lipinski definition) is 2. The lowest BCUT2D eigenvalue weighted by Gasteiger charge is -2.22. The highest BCUT2D eigenvalue weighted by molar-refractivity contribution is 5.65. The van der Waals surface area contributed by atoms with Crippen LogP contribution in [0.25, 0.3) is 0 Å². The van der Waals surface area contributed by atoms with Crippen molar-refractivity contribution in [1.82, 2.24) is 0 Å². The summed E-state index contributed by atoms with van der Waals surface area (Å²) in [5.74, 6) is -0.219. The van der Waals surface area contributed by atoms with Crippen molar-refractivity contribution in [2.45, 2.75) is 6.42 Å². The summed E-state index contributed by atoms with van der Waals surface area (Å²) < 4.78 is 13.3. The molecular weight excluding hydrogens is 227 g/mol. The van der Waals surface area contributed by atoms with Gasteiger partial charge in [-0.2, -0.15) is 0 Å². The van der Waals surface area contributed by atoms with Crippen LogP contribution in [0.15, 0.2) is 48.5 Å². The van der Waals surface area contributed by atoms with Gasteiger partial charge in [0.05, 0.1) is 0 Å². The predicted octanol–water partition coefficient (Wildman–Crippen LogP) is 3.09. The molecule has 2 nitrogen and oxygen atoms in total. The van der Waals surface area contributed by atoms with E-state index in [2.05, 4.69) is 0 Å². The predicted molar refractivity (Wildman–Crippen MR) is 73.7 cm³/mol. The van der Waals surface area contributed by atoms with E-state index >= 15 is 0 Å². The minimum atomic E-state index is -0.219. The molecule has 0 heterocycles. The maximum absolute atomic E-state index is 13.3. The SMILES string of the molecule is CN(c1ccccc1)c1ccc(F)cc1CCN. The molecule has 2 rings (SSSR count). The highest BCUT2D eigenvalue weighted by Crippen LogP contribution is 2.27. The van der Waals surface area contributed by atoms with E-state index in [1.54, 1.807) is 12.1 Å². The van der Waals surface area contributed by atoms with Gasteiger partial charge in [0.1, 0.15) is 5.82 Å². The maximum Gasteiger partial charge on any atom is 0.123 e. The standard InChI is InChI=1S/C15H17FN2/c1-18(14-5-3-2-4-6-14)15-8-7-13(16)11-12(15)9-10-17/h2-8,11H,9-10,17H2,1H3. The summed E-state index contributed by atoms with van der Waals surface area (Å²) in [6, 6.07) is 14.8. The summed E-state index contributed by atoms with van der Waals surface area (Å²) in [7, 11) is 1.97. The molecule has 0 saturated heterocycles. The molecule has 0 aromatic heterocycles. The van der Waals surface area contributed by atoms with E-state index < -0.39 is 0 Å². The molecule has 2 aromatic carbocycles. The molecule has 0 aliphatic rings. The lowest BCUT2D eigenvalue weighted by molar-refractivity contribution is 0.625. The minimum absolute atomic E-state index is 0.219. The first-order valence-electron chi connectivity index (χ1n) is 5.99. The molecule has 3 heteroatoms. The zero-order valence-corrected chi connectivity index (χ0v) is 10.4. The molecule has 0 fully saturated rings. The molecule has 2 N–H and O–H groups in total. The molecule has 0 saturated carbocycles. The summed E-state index contributed by atoms with van der Waals surface area (Å²) in [6.07, 6.45) is 0.671. The van der Waals surface area contributed by atoms with Crippen LogP contribution in [0.5, 0.6) is 0 Å². The smallest absolute Gasteiger partial charge is 0.123 e. The number of anilines is 2. The fourth-order valence-corrected chi connectivity index (χ4v) is 2.03. The molecule has 0 spiro atoms. The van der Waals surface area contributed by atoms with E-state index in [9.17, 15) is 4.39 Å². The Kier molecular flexibility index (Phi) is 3.95. The van der Waals surface area contributed by atoms with Crippen LogP contribution in [0.2, 0.25) is 0 Å². The van der Waals surface area contributed by atoms with Gasteiger partial charge in [0.15, 0.2) is 0 Å². The number of benzene rings is 2. The zero-order chi connectivity index (χ0) is 13.0. The maximum atomic E-state index is 13.3. The third-order valence-electron chi connectivity index (χ3n) is 2.96. The Balaban J connectivity index is 2.38. The van der Waals surface area contributed by atoms with Crippen molar-refractivity contribution in [2.75, 3.05) is 18.5 Å². The van der Waals surface area contributed by atoms with E-state index in [0.29, 0.717) is 13.0 Å². The fourth-order valence-electron chi connectivity index (χ4n) is 2.03. The van der Waals surface area contributed by atoms with Gasteiger partial charge in [-0.05, 0) is 48.9 Å². The largest absolute Gasteiger partial charge is 0.344 e. The number of nitrogens with two attached hydrogens (primary N) is 1. The van der Waals surface area contributed by atoms with E-state index in [0.717, 1.165) is 16.9 Å². The van der Waals surface area contributed by atoms with E-state index in [1.165, 1.54) is 6.07 Å². The zero-order valence-electron chi connectivity index (χ0n) is 10.4. The third kappa shape index (κ3) is 2.68. The van der Waals surface area contributed by atoms with Gasteiger partial charge in [-0.1, -0.05) is 18.2 Å². The molecule has 0 atom stereocenters. The Bertz CT molecular complexity index is 511. The molecule has 0 amide bonds. The van der Waals surface area contributed by atoms with E-state index in [1.807, 2.05) is 42.3 Å². The molecule has 94 valence electrons. The molecule has 18 heavy (non-hydrogen) atoms. The van der Waals surface area contributed by atoms with E-state index in [4.69, 9.17) is 5.73 Å². The molecule has 0 bridgehead atoms. The highest BCUT2D eigenvalue weighted by Gasteiger charge is 2.09. The summed E-state index contributed by atoms with van der Waals surface area (Å²) in [4.78, 5) is 2.05. The van der Waals surface area contributed by atoms with Crippen molar-refractivity contribution in [3.63, 3.8) is 0 Å². The Morgan fingerprint density at radius 3 is 2.50 bits per heavy atom. The number of halogens is 1. The Labute approximate surface area is 107 Å². The summed E-state index contributed by atoms with van der Waals surface area (Å²) >= 11 is 0. The van der Waals surface area contributed by atoms with Crippen molar-refractivity contribution < 1.29 is 4.39 Å². The van der Waals surface area contributed by atoms with Crippen LogP contribution in [-0.4, -0.2) is 13.6 Å². The molecule has 0 aliphatic carbocycles. The lowest BCUT2D eigenvalue weighted by atomic mass is 10.1. The molecule has 0 radical (unpaired) electrons. The van der Waals surface area contributed by atoms with Crippen LogP contribution >= 0.6 is 0 Å². The molecule has 0 unspecified atom stereocenters. The van der Waals surface area contributed by atoms with Gasteiger partial charge in [0.25, 0.3) is 0 Å². The van der Waals surface area contributed by atoms with Gasteiger partial charge in [-0.25, -0.2) is 4.39 Å². The van der Waals surface area contributed by atoms with Crippen LogP contribution < -0.4 is 10.6 Å². The monoisotopic (exact) mass is 244 g/mol. The number of hydrogen-bond donors (Lipinski definition) is 1. The molecule has 2 aromatic rings. The highest BCUT2D eigenvalue weighted by atomic mass is 19.1. The lowest BCUT2D eigenvalue weighted by Crippen LogP contribution is -2.14. The van der Waals surface area contributed by atoms with Crippen molar-refractivity contribution in [2.24, 2.45) is 5.73 Å². The average Bonchev–Trinajstić information content (AvgIpc) is 2.40. The summed E-state index contributed by atoms with van der Waals surface area (Å²) in [5.41, 5.74) is 8.58. The normalized spacial score (nSPS) is 10.4. The Hall–Kier alpha value is -1.87. The Morgan fingerprint density at radius 1 is 1.11 bits per heavy atom. The quantitative estimate of drug-likeness (QED) is 0.895.